The van der Waals surface area contributed by atoms with Crippen molar-refractivity contribution in [2.75, 3.05) is 31.2 Å². The van der Waals surface area contributed by atoms with Crippen molar-refractivity contribution in [1.29, 1.82) is 0 Å². The fourth-order valence-electron chi connectivity index (χ4n) is 4.51. The lowest BCUT2D eigenvalue weighted by atomic mass is 10.0. The fraction of sp³-hybridized carbons (Fsp3) is 0.357. The molecule has 2 N–H and O–H groups in total. The van der Waals surface area contributed by atoms with Gasteiger partial charge in [0.05, 0.1) is 12.8 Å². The zero-order valence-electron chi connectivity index (χ0n) is 21.4. The second-order valence-electron chi connectivity index (χ2n) is 9.71. The van der Waals surface area contributed by atoms with Crippen molar-refractivity contribution in [3.63, 3.8) is 0 Å². The molecule has 1 aliphatic rings. The summed E-state index contributed by atoms with van der Waals surface area (Å²) in [6.45, 7) is 5.72. The molecule has 2 aromatic carbocycles. The first-order valence-electron chi connectivity index (χ1n) is 12.5. The van der Waals surface area contributed by atoms with Crippen LogP contribution in [0.25, 0.3) is 6.08 Å². The molecule has 0 saturated carbocycles. The predicted octanol–water partition coefficient (Wildman–Crippen LogP) is 3.32. The van der Waals surface area contributed by atoms with E-state index in [-0.39, 0.29) is 18.1 Å². The second-order valence-corrected chi connectivity index (χ2v) is 11.5. The van der Waals surface area contributed by atoms with Gasteiger partial charge >= 0.3 is 0 Å². The average molecular weight is 522 g/mol. The summed E-state index contributed by atoms with van der Waals surface area (Å²) < 4.78 is 26.7. The number of nitrogens with one attached hydrogen (secondary N) is 2. The molecule has 0 radical (unpaired) electrons. The molecular formula is C28H35N5O3S. The summed E-state index contributed by atoms with van der Waals surface area (Å²) in [5.74, 6) is 0.384. The van der Waals surface area contributed by atoms with Crippen LogP contribution < -0.4 is 15.6 Å². The number of hydrogen-bond donors (Lipinski definition) is 2. The maximum atomic E-state index is 13.1. The highest BCUT2D eigenvalue weighted by molar-refractivity contribution is 7.88. The van der Waals surface area contributed by atoms with E-state index < -0.39 is 10.0 Å². The molecule has 196 valence electrons. The Bertz CT molecular complexity index is 1360. The molecule has 0 aliphatic carbocycles. The lowest BCUT2D eigenvalue weighted by Gasteiger charge is -2.32. The molecule has 0 unspecified atom stereocenters. The normalized spacial score (nSPS) is 15.6. The third kappa shape index (κ3) is 8.38. The van der Waals surface area contributed by atoms with E-state index in [0.29, 0.717) is 12.4 Å². The third-order valence-corrected chi connectivity index (χ3v) is 7.11. The van der Waals surface area contributed by atoms with Gasteiger partial charge in [-0.2, -0.15) is 0 Å². The second kappa shape index (κ2) is 12.3. The molecule has 0 bridgehead atoms. The molecule has 9 heteroatoms. The van der Waals surface area contributed by atoms with Gasteiger partial charge in [0.15, 0.2) is 5.82 Å². The van der Waals surface area contributed by atoms with Crippen LogP contribution in [0.2, 0.25) is 0 Å². The quantitative estimate of drug-likeness (QED) is 0.425. The van der Waals surface area contributed by atoms with E-state index in [9.17, 15) is 13.2 Å². The Morgan fingerprint density at radius 1 is 1.05 bits per heavy atom. The van der Waals surface area contributed by atoms with Crippen LogP contribution in [-0.2, 0) is 23.1 Å². The van der Waals surface area contributed by atoms with Crippen molar-refractivity contribution < 1.29 is 8.42 Å². The van der Waals surface area contributed by atoms with E-state index in [2.05, 4.69) is 57.2 Å². The van der Waals surface area contributed by atoms with Gasteiger partial charge in [-0.05, 0) is 36.5 Å². The van der Waals surface area contributed by atoms with Gasteiger partial charge in [0.25, 0.3) is 5.56 Å². The average Bonchev–Trinajstić information content (AvgIpc) is 2.87. The lowest BCUT2D eigenvalue weighted by Crippen LogP contribution is -2.41. The summed E-state index contributed by atoms with van der Waals surface area (Å²) >= 11 is 0. The summed E-state index contributed by atoms with van der Waals surface area (Å²) in [6.07, 6.45) is 8.63. The van der Waals surface area contributed by atoms with E-state index in [1.165, 1.54) is 11.1 Å². The molecule has 2 heterocycles. The van der Waals surface area contributed by atoms with E-state index in [0.717, 1.165) is 49.9 Å². The zero-order chi connectivity index (χ0) is 26.3. The van der Waals surface area contributed by atoms with E-state index in [1.807, 2.05) is 30.3 Å². The molecular weight excluding hydrogens is 486 g/mol. The summed E-state index contributed by atoms with van der Waals surface area (Å²) in [6, 6.07) is 18.1. The molecule has 0 amide bonds. The largest absolute Gasteiger partial charge is 0.363 e. The topological polar surface area (TPSA) is 96.3 Å². The van der Waals surface area contributed by atoms with Crippen LogP contribution in [0.1, 0.15) is 36.5 Å². The van der Waals surface area contributed by atoms with Crippen LogP contribution in [0.3, 0.4) is 0 Å². The Kier molecular flexibility index (Phi) is 8.91. The molecule has 4 rings (SSSR count). The van der Waals surface area contributed by atoms with Gasteiger partial charge < -0.3 is 9.88 Å². The van der Waals surface area contributed by atoms with Gasteiger partial charge in [-0.1, -0.05) is 66.2 Å². The predicted molar refractivity (Wildman–Crippen MR) is 149 cm³/mol. The van der Waals surface area contributed by atoms with Crippen LogP contribution in [0.4, 0.5) is 5.82 Å². The van der Waals surface area contributed by atoms with E-state index >= 15 is 0 Å². The lowest BCUT2D eigenvalue weighted by molar-refractivity contribution is 0.236. The van der Waals surface area contributed by atoms with Gasteiger partial charge in [-0.25, -0.2) is 18.1 Å². The summed E-state index contributed by atoms with van der Waals surface area (Å²) in [5, 5.41) is 3.38. The summed E-state index contributed by atoms with van der Waals surface area (Å²) in [4.78, 5) is 19.8. The van der Waals surface area contributed by atoms with Crippen LogP contribution in [0.5, 0.6) is 0 Å². The Labute approximate surface area is 219 Å². The molecule has 1 fully saturated rings. The fourth-order valence-corrected chi connectivity index (χ4v) is 4.93. The number of aromatic nitrogens is 2. The smallest absolute Gasteiger partial charge is 0.293 e. The summed E-state index contributed by atoms with van der Waals surface area (Å²) in [7, 11) is -3.24. The molecule has 3 aromatic rings. The number of anilines is 1. The van der Waals surface area contributed by atoms with Crippen LogP contribution in [0.15, 0.2) is 77.4 Å². The minimum absolute atomic E-state index is 0.144. The van der Waals surface area contributed by atoms with Crippen molar-refractivity contribution in [3.05, 3.63) is 99.6 Å². The van der Waals surface area contributed by atoms with Gasteiger partial charge in [0, 0.05) is 44.6 Å². The van der Waals surface area contributed by atoms with Crippen molar-refractivity contribution in [3.8, 4) is 0 Å². The number of benzene rings is 2. The minimum Gasteiger partial charge on any atom is -0.363 e. The van der Waals surface area contributed by atoms with E-state index in [4.69, 9.17) is 0 Å². The minimum atomic E-state index is -3.24. The molecule has 8 nitrogen and oxygen atoms in total. The highest BCUT2D eigenvalue weighted by Crippen LogP contribution is 2.16. The van der Waals surface area contributed by atoms with Gasteiger partial charge in [0.1, 0.15) is 0 Å². The maximum absolute atomic E-state index is 13.1. The molecule has 0 spiro atoms. The first-order valence-corrected chi connectivity index (χ1v) is 14.4. The van der Waals surface area contributed by atoms with Crippen molar-refractivity contribution in [2.24, 2.45) is 0 Å². The SMILES string of the molecule is CC(=Cc1ccccc1)CN1CCC(Nc2nccn(Cc3ccc(CNS(C)(=O)=O)cc3)c2=O)CC1. The van der Waals surface area contributed by atoms with Crippen LogP contribution >= 0.6 is 0 Å². The van der Waals surface area contributed by atoms with Gasteiger partial charge in [-0.15, -0.1) is 0 Å². The Hall–Kier alpha value is -3.27. The number of hydrogen-bond acceptors (Lipinski definition) is 6. The monoisotopic (exact) mass is 521 g/mol. The van der Waals surface area contributed by atoms with Crippen LogP contribution in [0, 0.1) is 0 Å². The highest BCUT2D eigenvalue weighted by atomic mass is 32.2. The Balaban J connectivity index is 1.30. The number of nitrogens with zero attached hydrogens (tertiary/aromatic N) is 3. The summed E-state index contributed by atoms with van der Waals surface area (Å²) in [5.41, 5.74) is 4.23. The number of sulfonamides is 1. The molecule has 37 heavy (non-hydrogen) atoms. The van der Waals surface area contributed by atoms with E-state index in [1.54, 1.807) is 17.0 Å². The Morgan fingerprint density at radius 3 is 2.41 bits per heavy atom. The van der Waals surface area contributed by atoms with Crippen molar-refractivity contribution >= 4 is 21.9 Å². The molecule has 1 aromatic heterocycles. The molecule has 0 atom stereocenters. The van der Waals surface area contributed by atoms with Gasteiger partial charge in [0.2, 0.25) is 10.0 Å². The third-order valence-electron chi connectivity index (χ3n) is 6.44. The molecule has 1 saturated heterocycles. The first kappa shape index (κ1) is 26.8. The Morgan fingerprint density at radius 2 is 1.73 bits per heavy atom. The number of rotatable bonds is 10. The molecule has 1 aliphatic heterocycles. The standard InChI is InChI=1S/C28H35N5O3S/c1-22(18-23-6-4-3-5-7-23)20-32-15-12-26(13-16-32)31-27-28(34)33(17-14-29-27)21-25-10-8-24(9-11-25)19-30-37(2,35)36/h3-11,14,17-18,26,30H,12-13,15-16,19-21H2,1-2H3,(H,29,31). The van der Waals surface area contributed by atoms with Crippen molar-refractivity contribution in [2.45, 2.75) is 38.9 Å². The highest BCUT2D eigenvalue weighted by Gasteiger charge is 2.20. The maximum Gasteiger partial charge on any atom is 0.293 e. The van der Waals surface area contributed by atoms with Gasteiger partial charge in [-0.3, -0.25) is 9.69 Å². The van der Waals surface area contributed by atoms with Crippen molar-refractivity contribution in [1.82, 2.24) is 19.2 Å². The first-order chi connectivity index (χ1) is 17.7. The number of likely N-dealkylation sites (tertiary alicyclic amines) is 1. The zero-order valence-corrected chi connectivity index (χ0v) is 22.2. The van der Waals surface area contributed by atoms with Crippen LogP contribution in [-0.4, -0.2) is 54.8 Å². The number of piperidine rings is 1.